The van der Waals surface area contributed by atoms with Crippen LogP contribution in [0.4, 0.5) is 0 Å². The van der Waals surface area contributed by atoms with Gasteiger partial charge in [0.25, 0.3) is 0 Å². The number of benzene rings is 1. The van der Waals surface area contributed by atoms with E-state index in [9.17, 15) is 0 Å². The summed E-state index contributed by atoms with van der Waals surface area (Å²) in [5.41, 5.74) is 3.90. The van der Waals surface area contributed by atoms with Crippen molar-refractivity contribution in [3.05, 3.63) is 34.9 Å². The summed E-state index contributed by atoms with van der Waals surface area (Å²) >= 11 is 1.68. The molecule has 0 bridgehead atoms. The van der Waals surface area contributed by atoms with E-state index in [4.69, 9.17) is 4.74 Å². The molecule has 2 aromatic rings. The molecule has 0 N–H and O–H groups in total. The van der Waals surface area contributed by atoms with E-state index in [0.717, 1.165) is 36.9 Å². The largest absolute Gasteiger partial charge is 0.376 e. The molecule has 2 heterocycles. The molecular formula is C15H20N4OS. The summed E-state index contributed by atoms with van der Waals surface area (Å²) < 4.78 is 7.51. The van der Waals surface area contributed by atoms with Crippen LogP contribution in [0.3, 0.4) is 0 Å². The normalized spacial score (nSPS) is 18.3. The Balaban J connectivity index is 1.63. The van der Waals surface area contributed by atoms with Crippen LogP contribution in [0.5, 0.6) is 0 Å². The molecule has 1 atom stereocenters. The average Bonchev–Trinajstić information content (AvgIpc) is 3.08. The SMILES string of the molecule is Cc1cc(C)cc(CSc2nnnn2CC2CCCO2)c1. The molecule has 6 heteroatoms. The molecule has 3 rings (SSSR count). The van der Waals surface area contributed by atoms with E-state index in [1.807, 2.05) is 4.68 Å². The first-order chi connectivity index (χ1) is 10.2. The van der Waals surface area contributed by atoms with Crippen molar-refractivity contribution in [3.8, 4) is 0 Å². The van der Waals surface area contributed by atoms with Gasteiger partial charge in [-0.1, -0.05) is 41.1 Å². The van der Waals surface area contributed by atoms with Gasteiger partial charge < -0.3 is 4.74 Å². The van der Waals surface area contributed by atoms with Gasteiger partial charge in [-0.2, -0.15) is 0 Å². The predicted octanol–water partition coefficient (Wildman–Crippen LogP) is 2.76. The van der Waals surface area contributed by atoms with E-state index in [1.165, 1.54) is 16.7 Å². The van der Waals surface area contributed by atoms with E-state index in [1.54, 1.807) is 11.8 Å². The zero-order valence-corrected chi connectivity index (χ0v) is 13.3. The number of aromatic nitrogens is 4. The fourth-order valence-electron chi connectivity index (χ4n) is 2.70. The lowest BCUT2D eigenvalue weighted by atomic mass is 10.1. The van der Waals surface area contributed by atoms with Crippen LogP contribution >= 0.6 is 11.8 Å². The highest BCUT2D eigenvalue weighted by molar-refractivity contribution is 7.98. The Bertz CT molecular complexity index is 587. The third-order valence-corrected chi connectivity index (χ3v) is 4.58. The van der Waals surface area contributed by atoms with Crippen LogP contribution < -0.4 is 0 Å². The van der Waals surface area contributed by atoms with Crippen molar-refractivity contribution in [2.45, 2.75) is 50.2 Å². The first-order valence-corrected chi connectivity index (χ1v) is 8.27. The molecule has 5 nitrogen and oxygen atoms in total. The van der Waals surface area contributed by atoms with Gasteiger partial charge in [0.2, 0.25) is 5.16 Å². The smallest absolute Gasteiger partial charge is 0.209 e. The third-order valence-electron chi connectivity index (χ3n) is 3.55. The Kier molecular flexibility index (Phi) is 4.55. The number of hydrogen-bond acceptors (Lipinski definition) is 5. The molecule has 1 unspecified atom stereocenters. The summed E-state index contributed by atoms with van der Waals surface area (Å²) in [7, 11) is 0. The van der Waals surface area contributed by atoms with Crippen molar-refractivity contribution in [2.24, 2.45) is 0 Å². The summed E-state index contributed by atoms with van der Waals surface area (Å²) in [5, 5.41) is 12.9. The Hall–Kier alpha value is -1.40. The van der Waals surface area contributed by atoms with Crippen molar-refractivity contribution in [2.75, 3.05) is 6.61 Å². The topological polar surface area (TPSA) is 52.8 Å². The van der Waals surface area contributed by atoms with Crippen molar-refractivity contribution in [1.29, 1.82) is 0 Å². The van der Waals surface area contributed by atoms with Crippen LogP contribution in [0.15, 0.2) is 23.4 Å². The van der Waals surface area contributed by atoms with E-state index in [-0.39, 0.29) is 6.10 Å². The number of hydrogen-bond donors (Lipinski definition) is 0. The standard InChI is InChI=1S/C15H20N4OS/c1-11-6-12(2)8-13(7-11)10-21-15-16-17-18-19(15)9-14-4-3-5-20-14/h6-8,14H,3-5,9-10H2,1-2H3. The molecule has 0 spiro atoms. The highest BCUT2D eigenvalue weighted by atomic mass is 32.2. The van der Waals surface area contributed by atoms with Crippen LogP contribution in [-0.2, 0) is 17.0 Å². The first-order valence-electron chi connectivity index (χ1n) is 7.28. The number of thioether (sulfide) groups is 1. The number of nitrogens with zero attached hydrogens (tertiary/aromatic N) is 4. The molecule has 1 aromatic heterocycles. The quantitative estimate of drug-likeness (QED) is 0.795. The maximum Gasteiger partial charge on any atom is 0.209 e. The summed E-state index contributed by atoms with van der Waals surface area (Å²) in [6.07, 6.45) is 2.49. The first kappa shape index (κ1) is 14.5. The molecule has 1 saturated heterocycles. The van der Waals surface area contributed by atoms with Crippen LogP contribution in [-0.4, -0.2) is 32.9 Å². The molecule has 112 valence electrons. The van der Waals surface area contributed by atoms with Crippen LogP contribution in [0, 0.1) is 13.8 Å². The Morgan fingerprint density at radius 1 is 1.29 bits per heavy atom. The minimum Gasteiger partial charge on any atom is -0.376 e. The Morgan fingerprint density at radius 2 is 2.10 bits per heavy atom. The molecule has 1 aliphatic rings. The van der Waals surface area contributed by atoms with Crippen LogP contribution in [0.25, 0.3) is 0 Å². The molecule has 0 amide bonds. The van der Waals surface area contributed by atoms with Gasteiger partial charge in [0, 0.05) is 12.4 Å². The van der Waals surface area contributed by atoms with Crippen molar-refractivity contribution < 1.29 is 4.74 Å². The fourth-order valence-corrected chi connectivity index (χ4v) is 3.51. The van der Waals surface area contributed by atoms with Gasteiger partial charge in [0.15, 0.2) is 0 Å². The van der Waals surface area contributed by atoms with Gasteiger partial charge in [0.1, 0.15) is 0 Å². The second kappa shape index (κ2) is 6.58. The van der Waals surface area contributed by atoms with E-state index >= 15 is 0 Å². The van der Waals surface area contributed by atoms with Gasteiger partial charge in [-0.3, -0.25) is 0 Å². The fraction of sp³-hybridized carbons (Fsp3) is 0.533. The zero-order chi connectivity index (χ0) is 14.7. The lowest BCUT2D eigenvalue weighted by Crippen LogP contribution is -2.16. The lowest BCUT2D eigenvalue weighted by molar-refractivity contribution is 0.0912. The van der Waals surface area contributed by atoms with Crippen LogP contribution in [0.2, 0.25) is 0 Å². The monoisotopic (exact) mass is 304 g/mol. The Labute approximate surface area is 129 Å². The molecule has 0 radical (unpaired) electrons. The molecule has 1 fully saturated rings. The minimum atomic E-state index is 0.258. The minimum absolute atomic E-state index is 0.258. The van der Waals surface area contributed by atoms with Gasteiger partial charge in [-0.15, -0.1) is 5.10 Å². The van der Waals surface area contributed by atoms with Crippen molar-refractivity contribution in [3.63, 3.8) is 0 Å². The number of rotatable bonds is 5. The van der Waals surface area contributed by atoms with Gasteiger partial charge in [-0.25, -0.2) is 4.68 Å². The molecule has 21 heavy (non-hydrogen) atoms. The summed E-state index contributed by atoms with van der Waals surface area (Å²) in [6.45, 7) is 5.87. The third kappa shape index (κ3) is 3.83. The van der Waals surface area contributed by atoms with Gasteiger partial charge in [-0.05, 0) is 42.7 Å². The highest BCUT2D eigenvalue weighted by Crippen LogP contribution is 2.23. The predicted molar refractivity (Wildman–Crippen MR) is 82.3 cm³/mol. The van der Waals surface area contributed by atoms with Gasteiger partial charge in [0.05, 0.1) is 12.6 Å². The molecule has 1 aliphatic heterocycles. The lowest BCUT2D eigenvalue weighted by Gasteiger charge is -2.10. The highest BCUT2D eigenvalue weighted by Gasteiger charge is 2.18. The average molecular weight is 304 g/mol. The van der Waals surface area contributed by atoms with Crippen LogP contribution in [0.1, 0.15) is 29.5 Å². The molecule has 1 aromatic carbocycles. The van der Waals surface area contributed by atoms with E-state index in [2.05, 4.69) is 47.6 Å². The van der Waals surface area contributed by atoms with Gasteiger partial charge >= 0.3 is 0 Å². The summed E-state index contributed by atoms with van der Waals surface area (Å²) in [5.74, 6) is 0.883. The second-order valence-corrected chi connectivity index (χ2v) is 6.51. The summed E-state index contributed by atoms with van der Waals surface area (Å²) in [6, 6.07) is 6.62. The number of tetrazole rings is 1. The Morgan fingerprint density at radius 3 is 2.81 bits per heavy atom. The summed E-state index contributed by atoms with van der Waals surface area (Å²) in [4.78, 5) is 0. The maximum atomic E-state index is 5.65. The molecule has 0 aliphatic carbocycles. The van der Waals surface area contributed by atoms with E-state index in [0.29, 0.717) is 0 Å². The van der Waals surface area contributed by atoms with Crippen molar-refractivity contribution >= 4 is 11.8 Å². The van der Waals surface area contributed by atoms with Crippen molar-refractivity contribution in [1.82, 2.24) is 20.2 Å². The maximum absolute atomic E-state index is 5.65. The second-order valence-electron chi connectivity index (χ2n) is 5.56. The van der Waals surface area contributed by atoms with E-state index < -0.39 is 0 Å². The number of aryl methyl sites for hydroxylation is 2. The molecule has 0 saturated carbocycles. The number of ether oxygens (including phenoxy) is 1. The molecular weight excluding hydrogens is 284 g/mol. The zero-order valence-electron chi connectivity index (χ0n) is 12.5.